The van der Waals surface area contributed by atoms with Gasteiger partial charge in [0.2, 0.25) is 0 Å². The summed E-state index contributed by atoms with van der Waals surface area (Å²) < 4.78 is 120. The SMILES string of the molecule is CCOC(=O)C(C)(Br)c1cccc(C(F)(F)F)c1.CCOC(=O)C(C)c1cccc(C(F)(F)F)c1.FC(F)(F)c1cccc(Br)c1. The third kappa shape index (κ3) is 13.0. The molecule has 2 atom stereocenters. The van der Waals surface area contributed by atoms with Crippen LogP contribution in [0.4, 0.5) is 39.5 Å². The molecule has 0 saturated heterocycles. The molecule has 0 spiro atoms. The molecular formula is C31H29Br2F9O4. The average Bonchev–Trinajstić information content (AvgIpc) is 2.96. The number of halogens is 11. The fourth-order valence-corrected chi connectivity index (χ4v) is 4.18. The molecule has 0 radical (unpaired) electrons. The van der Waals surface area contributed by atoms with E-state index in [9.17, 15) is 49.1 Å². The topological polar surface area (TPSA) is 52.6 Å². The fourth-order valence-electron chi connectivity index (χ4n) is 3.42. The zero-order valence-corrected chi connectivity index (χ0v) is 27.9. The standard InChI is InChI=1S/C12H12BrF3O2.C12H13F3O2.C7H4BrF3/c1-3-18-10(17)11(2,13)8-5-4-6-9(7-8)12(14,15)16;1-3-17-11(16)8(2)9-5-4-6-10(7-9)12(13,14)15;8-6-3-1-2-5(4-6)7(9,10)11/h4-7H,3H2,1-2H3;4-8H,3H2,1-2H3;1-4H. The highest BCUT2D eigenvalue weighted by Crippen LogP contribution is 2.37. The first-order valence-electron chi connectivity index (χ1n) is 13.3. The smallest absolute Gasteiger partial charge is 0.416 e. The third-order valence-electron chi connectivity index (χ3n) is 5.90. The first kappa shape index (κ1) is 41.0. The van der Waals surface area contributed by atoms with Crippen molar-refractivity contribution in [1.82, 2.24) is 0 Å². The van der Waals surface area contributed by atoms with E-state index >= 15 is 0 Å². The maximum Gasteiger partial charge on any atom is 0.416 e. The number of rotatable bonds is 6. The molecule has 0 N–H and O–H groups in total. The highest BCUT2D eigenvalue weighted by atomic mass is 79.9. The minimum Gasteiger partial charge on any atom is -0.466 e. The molecular weight excluding hydrogens is 767 g/mol. The molecule has 0 heterocycles. The molecule has 0 amide bonds. The van der Waals surface area contributed by atoms with Crippen LogP contribution in [0.2, 0.25) is 0 Å². The fraction of sp³-hybridized carbons (Fsp3) is 0.355. The van der Waals surface area contributed by atoms with E-state index < -0.39 is 57.4 Å². The van der Waals surface area contributed by atoms with Crippen molar-refractivity contribution in [3.8, 4) is 0 Å². The number of benzene rings is 3. The molecule has 0 saturated carbocycles. The number of ether oxygens (including phenoxy) is 2. The Hall–Kier alpha value is -3.07. The minimum absolute atomic E-state index is 0.166. The maximum atomic E-state index is 12.6. The molecule has 3 aromatic rings. The van der Waals surface area contributed by atoms with Crippen molar-refractivity contribution in [3.05, 3.63) is 105 Å². The number of hydrogen-bond acceptors (Lipinski definition) is 4. The molecule has 254 valence electrons. The summed E-state index contributed by atoms with van der Waals surface area (Å²) in [7, 11) is 0. The van der Waals surface area contributed by atoms with E-state index in [0.29, 0.717) is 10.0 Å². The Labute approximate surface area is 276 Å². The van der Waals surface area contributed by atoms with E-state index in [0.717, 1.165) is 36.4 Å². The van der Waals surface area contributed by atoms with Gasteiger partial charge in [0.1, 0.15) is 4.32 Å². The van der Waals surface area contributed by atoms with Gasteiger partial charge in [0.05, 0.1) is 35.8 Å². The van der Waals surface area contributed by atoms with Crippen LogP contribution >= 0.6 is 31.9 Å². The van der Waals surface area contributed by atoms with Crippen LogP contribution in [0.1, 0.15) is 61.4 Å². The molecule has 4 nitrogen and oxygen atoms in total. The van der Waals surface area contributed by atoms with Gasteiger partial charge in [0.15, 0.2) is 0 Å². The van der Waals surface area contributed by atoms with Gasteiger partial charge >= 0.3 is 30.5 Å². The van der Waals surface area contributed by atoms with Crippen LogP contribution in [0.25, 0.3) is 0 Å². The highest BCUT2D eigenvalue weighted by Gasteiger charge is 2.37. The Morgan fingerprint density at radius 2 is 1.09 bits per heavy atom. The molecule has 0 bridgehead atoms. The third-order valence-corrected chi connectivity index (χ3v) is 7.17. The lowest BCUT2D eigenvalue weighted by Gasteiger charge is -2.21. The van der Waals surface area contributed by atoms with Crippen LogP contribution in [0.5, 0.6) is 0 Å². The summed E-state index contributed by atoms with van der Waals surface area (Å²) in [6.07, 6.45) is -13.1. The van der Waals surface area contributed by atoms with Crippen LogP contribution in [-0.4, -0.2) is 25.2 Å². The Bertz CT molecular complexity index is 1440. The number of carbonyl (C=O) groups excluding carboxylic acids is 2. The molecule has 0 aliphatic carbocycles. The van der Waals surface area contributed by atoms with Crippen molar-refractivity contribution in [2.24, 2.45) is 0 Å². The zero-order chi connectivity index (χ0) is 35.5. The molecule has 2 unspecified atom stereocenters. The summed E-state index contributed by atoms with van der Waals surface area (Å²) in [5.74, 6) is -1.84. The van der Waals surface area contributed by atoms with Crippen molar-refractivity contribution in [1.29, 1.82) is 0 Å². The maximum absolute atomic E-state index is 12.6. The molecule has 3 rings (SSSR count). The molecule has 0 aliphatic rings. The van der Waals surface area contributed by atoms with E-state index in [1.54, 1.807) is 19.9 Å². The zero-order valence-electron chi connectivity index (χ0n) is 24.7. The number of hydrogen-bond donors (Lipinski definition) is 0. The van der Waals surface area contributed by atoms with Gasteiger partial charge in [-0.15, -0.1) is 0 Å². The predicted octanol–water partition coefficient (Wildman–Crippen LogP) is 10.7. The Kier molecular flexibility index (Phi) is 15.3. The lowest BCUT2D eigenvalue weighted by atomic mass is 9.99. The molecule has 0 aliphatic heterocycles. The van der Waals surface area contributed by atoms with Crippen LogP contribution in [-0.2, 0) is 41.9 Å². The van der Waals surface area contributed by atoms with E-state index in [4.69, 9.17) is 9.47 Å². The van der Waals surface area contributed by atoms with Crippen LogP contribution in [0.3, 0.4) is 0 Å². The van der Waals surface area contributed by atoms with Gasteiger partial charge in [-0.05, 0) is 75.2 Å². The monoisotopic (exact) mass is 794 g/mol. The van der Waals surface area contributed by atoms with Crippen LogP contribution in [0.15, 0.2) is 77.3 Å². The number of alkyl halides is 10. The number of esters is 2. The van der Waals surface area contributed by atoms with Gasteiger partial charge in [-0.2, -0.15) is 39.5 Å². The number of carbonyl (C=O) groups is 2. The lowest BCUT2D eigenvalue weighted by Crippen LogP contribution is -2.28. The van der Waals surface area contributed by atoms with E-state index in [2.05, 4.69) is 31.9 Å². The second-order valence-electron chi connectivity index (χ2n) is 9.41. The second-order valence-corrected chi connectivity index (χ2v) is 11.9. The summed E-state index contributed by atoms with van der Waals surface area (Å²) in [5.41, 5.74) is -1.68. The van der Waals surface area contributed by atoms with E-state index in [-0.39, 0.29) is 18.8 Å². The average molecular weight is 796 g/mol. The highest BCUT2D eigenvalue weighted by molar-refractivity contribution is 9.10. The van der Waals surface area contributed by atoms with Crippen molar-refractivity contribution in [2.75, 3.05) is 13.2 Å². The molecule has 46 heavy (non-hydrogen) atoms. The first-order chi connectivity index (χ1) is 21.0. The van der Waals surface area contributed by atoms with Gasteiger partial charge in [-0.1, -0.05) is 68.3 Å². The van der Waals surface area contributed by atoms with Crippen LogP contribution in [0, 0.1) is 0 Å². The Balaban J connectivity index is 0.000000355. The molecule has 0 fully saturated rings. The summed E-state index contributed by atoms with van der Waals surface area (Å²) in [6, 6.07) is 14.3. The molecule has 15 heteroatoms. The summed E-state index contributed by atoms with van der Waals surface area (Å²) in [4.78, 5) is 23.1. The molecule has 0 aromatic heterocycles. The van der Waals surface area contributed by atoms with E-state index in [1.165, 1.54) is 44.2 Å². The lowest BCUT2D eigenvalue weighted by molar-refractivity contribution is -0.146. The minimum atomic E-state index is -4.44. The molecule has 3 aromatic carbocycles. The quantitative estimate of drug-likeness (QED) is 0.142. The van der Waals surface area contributed by atoms with Crippen molar-refractivity contribution in [3.63, 3.8) is 0 Å². The normalized spacial score (nSPS) is 13.5. The Morgan fingerprint density at radius 1 is 0.674 bits per heavy atom. The van der Waals surface area contributed by atoms with Gasteiger partial charge in [0, 0.05) is 4.47 Å². The van der Waals surface area contributed by atoms with Gasteiger partial charge in [-0.3, -0.25) is 9.59 Å². The summed E-state index contributed by atoms with van der Waals surface area (Å²) in [6.45, 7) is 6.64. The first-order valence-corrected chi connectivity index (χ1v) is 14.8. The predicted molar refractivity (Wildman–Crippen MR) is 160 cm³/mol. The van der Waals surface area contributed by atoms with Crippen molar-refractivity contribution in [2.45, 2.75) is 56.5 Å². The van der Waals surface area contributed by atoms with Crippen molar-refractivity contribution >= 4 is 43.8 Å². The van der Waals surface area contributed by atoms with Gasteiger partial charge < -0.3 is 9.47 Å². The van der Waals surface area contributed by atoms with Crippen molar-refractivity contribution < 1.29 is 58.6 Å². The Morgan fingerprint density at radius 3 is 1.52 bits per heavy atom. The second kappa shape index (κ2) is 17.2. The van der Waals surface area contributed by atoms with E-state index in [1.807, 2.05) is 0 Å². The van der Waals surface area contributed by atoms with Gasteiger partial charge in [-0.25, -0.2) is 0 Å². The van der Waals surface area contributed by atoms with Gasteiger partial charge in [0.25, 0.3) is 0 Å². The largest absolute Gasteiger partial charge is 0.466 e. The summed E-state index contributed by atoms with van der Waals surface area (Å²) >= 11 is 6.07. The van der Waals surface area contributed by atoms with Crippen LogP contribution < -0.4 is 0 Å². The summed E-state index contributed by atoms with van der Waals surface area (Å²) in [5, 5.41) is 0.